The molecule has 1 fully saturated rings. The summed E-state index contributed by atoms with van der Waals surface area (Å²) in [5.41, 5.74) is 1.11. The van der Waals surface area contributed by atoms with Gasteiger partial charge in [0.15, 0.2) is 0 Å². The van der Waals surface area contributed by atoms with E-state index in [9.17, 15) is 4.79 Å². The predicted molar refractivity (Wildman–Crippen MR) is 58.7 cm³/mol. The van der Waals surface area contributed by atoms with Gasteiger partial charge < -0.3 is 9.47 Å². The van der Waals surface area contributed by atoms with E-state index in [4.69, 9.17) is 4.74 Å². The number of ether oxygens (including phenoxy) is 2. The maximum atomic E-state index is 11.2. The van der Waals surface area contributed by atoms with Gasteiger partial charge in [0.05, 0.1) is 13.7 Å². The molecule has 2 rings (SSSR count). The van der Waals surface area contributed by atoms with Crippen molar-refractivity contribution in [3.8, 4) is 0 Å². The molecule has 4 nitrogen and oxygen atoms in total. The van der Waals surface area contributed by atoms with Crippen molar-refractivity contribution in [2.45, 2.75) is 19.3 Å². The molecule has 4 heteroatoms. The van der Waals surface area contributed by atoms with Crippen LogP contribution in [0.3, 0.4) is 0 Å². The number of likely N-dealkylation sites (tertiary alicyclic amines) is 1. The van der Waals surface area contributed by atoms with Crippen molar-refractivity contribution in [2.75, 3.05) is 13.7 Å². The minimum absolute atomic E-state index is 0.132. The number of hydrogen-bond acceptors (Lipinski definition) is 3. The average Bonchev–Trinajstić information content (AvgIpc) is 2.29. The van der Waals surface area contributed by atoms with Gasteiger partial charge in [-0.05, 0) is 5.56 Å². The Morgan fingerprint density at radius 1 is 1.44 bits per heavy atom. The van der Waals surface area contributed by atoms with E-state index < -0.39 is 0 Å². The smallest absolute Gasteiger partial charge is 0.411 e. The second-order valence-corrected chi connectivity index (χ2v) is 3.70. The van der Waals surface area contributed by atoms with Crippen molar-refractivity contribution >= 4 is 6.09 Å². The zero-order valence-corrected chi connectivity index (χ0v) is 9.26. The molecule has 0 aliphatic carbocycles. The molecule has 1 amide bonds. The number of methoxy groups -OCH3 is 1. The second-order valence-electron chi connectivity index (χ2n) is 3.70. The van der Waals surface area contributed by atoms with E-state index in [0.29, 0.717) is 13.2 Å². The van der Waals surface area contributed by atoms with Gasteiger partial charge in [-0.2, -0.15) is 0 Å². The Bertz CT molecular complexity index is 353. The molecule has 0 saturated carbocycles. The fourth-order valence-corrected chi connectivity index (χ4v) is 1.63. The van der Waals surface area contributed by atoms with Gasteiger partial charge in [0, 0.05) is 13.0 Å². The first-order valence-corrected chi connectivity index (χ1v) is 5.31. The van der Waals surface area contributed by atoms with Crippen molar-refractivity contribution in [1.29, 1.82) is 0 Å². The van der Waals surface area contributed by atoms with E-state index in [1.807, 2.05) is 30.3 Å². The van der Waals surface area contributed by atoms with Crippen LogP contribution in [0.15, 0.2) is 30.3 Å². The van der Waals surface area contributed by atoms with E-state index in [1.165, 1.54) is 7.11 Å². The number of carbonyl (C=O) groups excluding carboxylic acids is 1. The van der Waals surface area contributed by atoms with Crippen LogP contribution in [0.2, 0.25) is 0 Å². The fraction of sp³-hybridized carbons (Fsp3) is 0.417. The molecule has 1 aliphatic rings. The Morgan fingerprint density at radius 3 is 2.75 bits per heavy atom. The molecule has 0 bridgehead atoms. The minimum Gasteiger partial charge on any atom is -0.453 e. The maximum Gasteiger partial charge on any atom is 0.411 e. The molecule has 1 saturated heterocycles. The number of nitrogens with zero attached hydrogens (tertiary/aromatic N) is 1. The minimum atomic E-state index is -0.315. The lowest BCUT2D eigenvalue weighted by molar-refractivity contribution is -0.114. The van der Waals surface area contributed by atoms with Crippen LogP contribution in [0.25, 0.3) is 0 Å². The molecule has 1 heterocycles. The predicted octanol–water partition coefficient (Wildman–Crippen LogP) is 2.00. The van der Waals surface area contributed by atoms with Crippen LogP contribution in [0, 0.1) is 0 Å². The van der Waals surface area contributed by atoms with Crippen molar-refractivity contribution in [3.05, 3.63) is 35.9 Å². The monoisotopic (exact) mass is 221 g/mol. The van der Waals surface area contributed by atoms with Gasteiger partial charge >= 0.3 is 6.09 Å². The standard InChI is InChI=1S/C12H15NO3/c1-15-12(14)13-8-7-11(13)16-9-10-5-3-2-4-6-10/h2-6,11H,7-9H2,1H3. The van der Waals surface area contributed by atoms with Gasteiger partial charge in [-0.25, -0.2) is 4.79 Å². The van der Waals surface area contributed by atoms with Crippen LogP contribution in [0.5, 0.6) is 0 Å². The van der Waals surface area contributed by atoms with Crippen molar-refractivity contribution in [2.24, 2.45) is 0 Å². The van der Waals surface area contributed by atoms with Gasteiger partial charge in [0.2, 0.25) is 0 Å². The third-order valence-corrected chi connectivity index (χ3v) is 2.66. The number of benzene rings is 1. The molecule has 1 aliphatic heterocycles. The largest absolute Gasteiger partial charge is 0.453 e. The number of hydrogen-bond donors (Lipinski definition) is 0. The van der Waals surface area contributed by atoms with Crippen LogP contribution < -0.4 is 0 Å². The molecule has 86 valence electrons. The summed E-state index contributed by atoms with van der Waals surface area (Å²) in [5, 5.41) is 0. The summed E-state index contributed by atoms with van der Waals surface area (Å²) in [5.74, 6) is 0. The maximum absolute atomic E-state index is 11.2. The summed E-state index contributed by atoms with van der Waals surface area (Å²) in [6.45, 7) is 1.24. The van der Waals surface area contributed by atoms with Gasteiger partial charge in [0.25, 0.3) is 0 Å². The van der Waals surface area contributed by atoms with Crippen molar-refractivity contribution < 1.29 is 14.3 Å². The highest BCUT2D eigenvalue weighted by molar-refractivity contribution is 5.68. The Hall–Kier alpha value is -1.55. The second kappa shape index (κ2) is 4.99. The molecule has 0 N–H and O–H groups in total. The summed E-state index contributed by atoms with van der Waals surface area (Å²) < 4.78 is 10.3. The normalized spacial score (nSPS) is 19.1. The molecule has 1 atom stereocenters. The fourth-order valence-electron chi connectivity index (χ4n) is 1.63. The molecule has 16 heavy (non-hydrogen) atoms. The molecule has 1 aromatic rings. The lowest BCUT2D eigenvalue weighted by Crippen LogP contribution is -2.52. The lowest BCUT2D eigenvalue weighted by Gasteiger charge is -2.38. The van der Waals surface area contributed by atoms with Crippen molar-refractivity contribution in [3.63, 3.8) is 0 Å². The first-order chi connectivity index (χ1) is 7.81. The highest BCUT2D eigenvalue weighted by Gasteiger charge is 2.33. The molecule has 0 spiro atoms. The van der Waals surface area contributed by atoms with E-state index in [2.05, 4.69) is 4.74 Å². The molecular formula is C12H15NO3. The van der Waals surface area contributed by atoms with Crippen LogP contribution in [-0.2, 0) is 16.1 Å². The Kier molecular flexibility index (Phi) is 3.41. The van der Waals surface area contributed by atoms with Gasteiger partial charge in [-0.3, -0.25) is 4.90 Å². The summed E-state index contributed by atoms with van der Waals surface area (Å²) >= 11 is 0. The SMILES string of the molecule is COC(=O)N1CCC1OCc1ccccc1. The quantitative estimate of drug-likeness (QED) is 0.783. The zero-order valence-electron chi connectivity index (χ0n) is 9.26. The Balaban J connectivity index is 1.81. The first-order valence-electron chi connectivity index (χ1n) is 5.31. The van der Waals surface area contributed by atoms with Crippen LogP contribution in [-0.4, -0.2) is 30.9 Å². The van der Waals surface area contributed by atoms with E-state index in [-0.39, 0.29) is 12.3 Å². The molecule has 0 radical (unpaired) electrons. The van der Waals surface area contributed by atoms with E-state index in [1.54, 1.807) is 4.90 Å². The zero-order chi connectivity index (χ0) is 11.4. The third kappa shape index (κ3) is 2.33. The molecule has 0 aromatic heterocycles. The highest BCUT2D eigenvalue weighted by Crippen LogP contribution is 2.20. The van der Waals surface area contributed by atoms with E-state index >= 15 is 0 Å². The van der Waals surface area contributed by atoms with Gasteiger partial charge in [0.1, 0.15) is 6.23 Å². The number of rotatable bonds is 3. The summed E-state index contributed by atoms with van der Waals surface area (Å²) in [7, 11) is 1.38. The van der Waals surface area contributed by atoms with Gasteiger partial charge in [-0.15, -0.1) is 0 Å². The van der Waals surface area contributed by atoms with Crippen molar-refractivity contribution in [1.82, 2.24) is 4.90 Å². The first kappa shape index (κ1) is 11.0. The molecule has 1 aromatic carbocycles. The van der Waals surface area contributed by atoms with E-state index in [0.717, 1.165) is 12.0 Å². The topological polar surface area (TPSA) is 38.8 Å². The third-order valence-electron chi connectivity index (χ3n) is 2.66. The van der Waals surface area contributed by atoms with Crippen LogP contribution in [0.1, 0.15) is 12.0 Å². The molecular weight excluding hydrogens is 206 g/mol. The Morgan fingerprint density at radius 2 is 2.19 bits per heavy atom. The molecule has 1 unspecified atom stereocenters. The number of amides is 1. The lowest BCUT2D eigenvalue weighted by atomic mass is 10.2. The Labute approximate surface area is 94.8 Å². The summed E-state index contributed by atoms with van der Waals surface area (Å²) in [6, 6.07) is 9.91. The van der Waals surface area contributed by atoms with Gasteiger partial charge in [-0.1, -0.05) is 30.3 Å². The highest BCUT2D eigenvalue weighted by atomic mass is 16.6. The number of carbonyl (C=O) groups is 1. The van der Waals surface area contributed by atoms with Crippen LogP contribution in [0.4, 0.5) is 4.79 Å². The average molecular weight is 221 g/mol. The summed E-state index contributed by atoms with van der Waals surface area (Å²) in [6.07, 6.45) is 0.430. The summed E-state index contributed by atoms with van der Waals surface area (Å²) in [4.78, 5) is 12.8. The van der Waals surface area contributed by atoms with Crippen LogP contribution >= 0.6 is 0 Å².